The van der Waals surface area contributed by atoms with Crippen LogP contribution in [-0.4, -0.2) is 44.3 Å². The van der Waals surface area contributed by atoms with Crippen molar-refractivity contribution in [2.75, 3.05) is 19.6 Å². The van der Waals surface area contributed by atoms with Crippen molar-refractivity contribution in [2.45, 2.75) is 44.6 Å². The number of carbonyl (C=O) groups excluding carboxylic acids is 1. The quantitative estimate of drug-likeness (QED) is 0.710. The third-order valence-electron chi connectivity index (χ3n) is 4.50. The second-order valence-electron chi connectivity index (χ2n) is 6.28. The van der Waals surface area contributed by atoms with Crippen LogP contribution in [0.15, 0.2) is 23.1 Å². The van der Waals surface area contributed by atoms with Crippen LogP contribution in [0.2, 0.25) is 0 Å². The van der Waals surface area contributed by atoms with E-state index in [1.165, 1.54) is 10.4 Å². The predicted octanol–water partition coefficient (Wildman–Crippen LogP) is 1.91. The number of hydrogen-bond acceptors (Lipinski definition) is 4. The molecule has 1 aliphatic rings. The van der Waals surface area contributed by atoms with Gasteiger partial charge in [-0.15, -0.1) is 12.4 Å². The third-order valence-corrected chi connectivity index (χ3v) is 6.69. The normalized spacial score (nSPS) is 15.6. The number of hydrogen-bond donors (Lipinski definition) is 2. The Kier molecular flexibility index (Phi) is 7.87. The molecular formula is C17H28ClN3O3S. The fraction of sp³-hybridized carbons (Fsp3) is 0.588. The minimum Gasteiger partial charge on any atom is -0.350 e. The number of nitrogens with zero attached hydrogens (tertiary/aromatic N) is 1. The molecular weight excluding hydrogens is 362 g/mol. The van der Waals surface area contributed by atoms with Crippen LogP contribution in [-0.2, 0) is 10.0 Å². The van der Waals surface area contributed by atoms with E-state index in [2.05, 4.69) is 5.32 Å². The van der Waals surface area contributed by atoms with Gasteiger partial charge in [0, 0.05) is 31.2 Å². The molecule has 1 atom stereocenters. The Balaban J connectivity index is 0.00000312. The second-order valence-corrected chi connectivity index (χ2v) is 8.19. The van der Waals surface area contributed by atoms with Crippen LogP contribution in [0.1, 0.15) is 42.6 Å². The van der Waals surface area contributed by atoms with Gasteiger partial charge in [0.2, 0.25) is 10.0 Å². The second kappa shape index (κ2) is 8.98. The van der Waals surface area contributed by atoms with Crippen LogP contribution >= 0.6 is 12.4 Å². The molecule has 0 aliphatic heterocycles. The lowest BCUT2D eigenvalue weighted by atomic mass is 10.1. The molecule has 0 bridgehead atoms. The van der Waals surface area contributed by atoms with Crippen molar-refractivity contribution in [3.05, 3.63) is 29.3 Å². The molecule has 1 aromatic carbocycles. The molecule has 1 aliphatic carbocycles. The average molecular weight is 390 g/mol. The summed E-state index contributed by atoms with van der Waals surface area (Å²) in [6.45, 7) is 6.53. The van der Waals surface area contributed by atoms with Gasteiger partial charge in [-0.1, -0.05) is 19.9 Å². The van der Waals surface area contributed by atoms with Crippen molar-refractivity contribution in [1.82, 2.24) is 9.62 Å². The number of amides is 1. The Morgan fingerprint density at radius 3 is 2.44 bits per heavy atom. The molecule has 0 radical (unpaired) electrons. The van der Waals surface area contributed by atoms with E-state index in [1.54, 1.807) is 32.9 Å². The Morgan fingerprint density at radius 2 is 1.92 bits per heavy atom. The van der Waals surface area contributed by atoms with Gasteiger partial charge < -0.3 is 11.1 Å². The highest BCUT2D eigenvalue weighted by molar-refractivity contribution is 7.89. The first-order chi connectivity index (χ1) is 11.3. The van der Waals surface area contributed by atoms with Crippen molar-refractivity contribution in [1.29, 1.82) is 0 Å². The van der Waals surface area contributed by atoms with E-state index in [0.29, 0.717) is 36.7 Å². The van der Waals surface area contributed by atoms with Gasteiger partial charge in [-0.3, -0.25) is 4.79 Å². The van der Waals surface area contributed by atoms with Gasteiger partial charge in [-0.2, -0.15) is 4.31 Å². The molecule has 1 aromatic rings. The first-order valence-corrected chi connectivity index (χ1v) is 9.89. The Bertz CT molecular complexity index is 701. The molecule has 1 fully saturated rings. The minimum absolute atomic E-state index is 0. The van der Waals surface area contributed by atoms with Gasteiger partial charge in [-0.25, -0.2) is 8.42 Å². The van der Waals surface area contributed by atoms with Crippen molar-refractivity contribution in [2.24, 2.45) is 11.7 Å². The number of sulfonamides is 1. The molecule has 25 heavy (non-hydrogen) atoms. The summed E-state index contributed by atoms with van der Waals surface area (Å²) in [6, 6.07) is 4.75. The first kappa shape index (κ1) is 21.9. The van der Waals surface area contributed by atoms with E-state index in [1.807, 2.05) is 0 Å². The molecule has 0 heterocycles. The SMILES string of the molecule is CCN(CC)S(=O)(=O)c1cc(C(=O)NCC(N)C2CC2)ccc1C.Cl. The van der Waals surface area contributed by atoms with Crippen LogP contribution in [0.5, 0.6) is 0 Å². The van der Waals surface area contributed by atoms with E-state index in [-0.39, 0.29) is 29.3 Å². The van der Waals surface area contributed by atoms with E-state index in [0.717, 1.165) is 12.8 Å². The molecule has 0 aromatic heterocycles. The molecule has 0 saturated heterocycles. The molecule has 1 amide bonds. The number of rotatable bonds is 8. The highest BCUT2D eigenvalue weighted by atomic mass is 35.5. The molecule has 1 saturated carbocycles. The van der Waals surface area contributed by atoms with Crippen LogP contribution in [0.25, 0.3) is 0 Å². The van der Waals surface area contributed by atoms with E-state index in [9.17, 15) is 13.2 Å². The standard InChI is InChI=1S/C17H27N3O3S.ClH/c1-4-20(5-2)24(22,23)16-10-14(7-6-12(16)3)17(21)19-11-15(18)13-8-9-13;/h6-7,10,13,15H,4-5,8-9,11,18H2,1-3H3,(H,19,21);1H. The van der Waals surface area contributed by atoms with Crippen LogP contribution in [0.3, 0.4) is 0 Å². The average Bonchev–Trinajstić information content (AvgIpc) is 3.38. The molecule has 142 valence electrons. The first-order valence-electron chi connectivity index (χ1n) is 8.45. The maximum atomic E-state index is 12.7. The van der Waals surface area contributed by atoms with Crippen molar-refractivity contribution in [3.63, 3.8) is 0 Å². The molecule has 3 N–H and O–H groups in total. The minimum atomic E-state index is -3.59. The van der Waals surface area contributed by atoms with E-state index >= 15 is 0 Å². The lowest BCUT2D eigenvalue weighted by Crippen LogP contribution is -2.38. The largest absolute Gasteiger partial charge is 0.350 e. The van der Waals surface area contributed by atoms with Crippen LogP contribution < -0.4 is 11.1 Å². The summed E-state index contributed by atoms with van der Waals surface area (Å²) in [5.41, 5.74) is 6.96. The summed E-state index contributed by atoms with van der Waals surface area (Å²) in [6.07, 6.45) is 2.24. The summed E-state index contributed by atoms with van der Waals surface area (Å²) >= 11 is 0. The number of nitrogens with one attached hydrogen (secondary N) is 1. The maximum absolute atomic E-state index is 12.7. The molecule has 6 nitrogen and oxygen atoms in total. The lowest BCUT2D eigenvalue weighted by Gasteiger charge is -2.20. The zero-order chi connectivity index (χ0) is 17.9. The number of benzene rings is 1. The van der Waals surface area contributed by atoms with Gasteiger partial charge in [-0.05, 0) is 43.4 Å². The van der Waals surface area contributed by atoms with Crippen LogP contribution in [0, 0.1) is 12.8 Å². The zero-order valence-electron chi connectivity index (χ0n) is 15.0. The number of halogens is 1. The zero-order valence-corrected chi connectivity index (χ0v) is 16.6. The predicted molar refractivity (Wildman–Crippen MR) is 102 cm³/mol. The lowest BCUT2D eigenvalue weighted by molar-refractivity contribution is 0.0950. The summed E-state index contributed by atoms with van der Waals surface area (Å²) in [7, 11) is -3.59. The van der Waals surface area contributed by atoms with Crippen molar-refractivity contribution in [3.8, 4) is 0 Å². The van der Waals surface area contributed by atoms with Crippen molar-refractivity contribution < 1.29 is 13.2 Å². The summed E-state index contributed by atoms with van der Waals surface area (Å²) in [5, 5.41) is 2.80. The summed E-state index contributed by atoms with van der Waals surface area (Å²) in [4.78, 5) is 12.5. The van der Waals surface area contributed by atoms with Crippen molar-refractivity contribution >= 4 is 28.3 Å². The van der Waals surface area contributed by atoms with Gasteiger partial charge in [0.05, 0.1) is 4.90 Å². The van der Waals surface area contributed by atoms with Gasteiger partial charge in [0.1, 0.15) is 0 Å². The number of nitrogens with two attached hydrogens (primary N) is 1. The summed E-state index contributed by atoms with van der Waals surface area (Å²) < 4.78 is 26.8. The van der Waals surface area contributed by atoms with Crippen LogP contribution in [0.4, 0.5) is 0 Å². The van der Waals surface area contributed by atoms with Gasteiger partial charge in [0.25, 0.3) is 5.91 Å². The fourth-order valence-electron chi connectivity index (χ4n) is 2.73. The van der Waals surface area contributed by atoms with Gasteiger partial charge in [0.15, 0.2) is 0 Å². The molecule has 8 heteroatoms. The smallest absolute Gasteiger partial charge is 0.251 e. The highest BCUT2D eigenvalue weighted by Crippen LogP contribution is 2.31. The topological polar surface area (TPSA) is 92.5 Å². The van der Waals surface area contributed by atoms with Gasteiger partial charge >= 0.3 is 0 Å². The summed E-state index contributed by atoms with van der Waals surface area (Å²) in [5.74, 6) is 0.212. The molecule has 2 rings (SSSR count). The molecule has 1 unspecified atom stereocenters. The Labute approximate surface area is 156 Å². The third kappa shape index (κ3) is 5.17. The van der Waals surface area contributed by atoms with E-state index in [4.69, 9.17) is 5.73 Å². The number of aryl methyl sites for hydroxylation is 1. The maximum Gasteiger partial charge on any atom is 0.251 e. The monoisotopic (exact) mass is 389 g/mol. The highest BCUT2D eigenvalue weighted by Gasteiger charge is 2.29. The Morgan fingerprint density at radius 1 is 1.32 bits per heavy atom. The Hall–Kier alpha value is -1.15. The van der Waals surface area contributed by atoms with E-state index < -0.39 is 10.0 Å². The fourth-order valence-corrected chi connectivity index (χ4v) is 4.43. The number of carbonyl (C=O) groups is 1. The molecule has 0 spiro atoms.